The van der Waals surface area contributed by atoms with E-state index in [4.69, 9.17) is 5.11 Å². The summed E-state index contributed by atoms with van der Waals surface area (Å²) in [4.78, 5) is 26.8. The van der Waals surface area contributed by atoms with Crippen LogP contribution in [-0.4, -0.2) is 35.6 Å². The van der Waals surface area contributed by atoms with Crippen molar-refractivity contribution in [2.45, 2.75) is 6.54 Å². The molecule has 0 aliphatic heterocycles. The number of carbonyl (C=O) groups is 1. The van der Waals surface area contributed by atoms with Crippen LogP contribution >= 0.6 is 0 Å². The molecule has 0 fully saturated rings. The van der Waals surface area contributed by atoms with E-state index in [-0.39, 0.29) is 5.52 Å². The van der Waals surface area contributed by atoms with Gasteiger partial charge in [-0.3, -0.25) is 14.2 Å². The van der Waals surface area contributed by atoms with Crippen molar-refractivity contribution in [2.75, 3.05) is 0 Å². The van der Waals surface area contributed by atoms with Crippen molar-refractivity contribution in [3.8, 4) is 5.69 Å². The predicted octanol–water partition coefficient (Wildman–Crippen LogP) is 0.0618. The minimum Gasteiger partial charge on any atom is -0.480 e. The monoisotopic (exact) mass is 271 g/mol. The number of carboxylic acids is 1. The Bertz CT molecular complexity index is 837. The lowest BCUT2D eigenvalue weighted by molar-refractivity contribution is -0.137. The first kappa shape index (κ1) is 12.0. The largest absolute Gasteiger partial charge is 0.480 e. The third-order valence-corrected chi connectivity index (χ3v) is 2.74. The molecule has 20 heavy (non-hydrogen) atoms. The Morgan fingerprint density at radius 2 is 2.00 bits per heavy atom. The molecule has 8 heteroatoms. The number of para-hydroxylation sites is 1. The van der Waals surface area contributed by atoms with Gasteiger partial charge in [-0.25, -0.2) is 4.98 Å². The fourth-order valence-corrected chi connectivity index (χ4v) is 1.85. The van der Waals surface area contributed by atoms with Gasteiger partial charge in [-0.2, -0.15) is 4.68 Å². The van der Waals surface area contributed by atoms with E-state index in [1.165, 1.54) is 11.0 Å². The molecule has 8 nitrogen and oxygen atoms in total. The Labute approximate surface area is 111 Å². The molecule has 0 aliphatic carbocycles. The van der Waals surface area contributed by atoms with Crippen LogP contribution in [0.2, 0.25) is 0 Å². The molecule has 0 spiro atoms. The zero-order valence-corrected chi connectivity index (χ0v) is 10.2. The molecule has 1 aromatic carbocycles. The summed E-state index contributed by atoms with van der Waals surface area (Å²) in [7, 11) is 0. The summed E-state index contributed by atoms with van der Waals surface area (Å²) < 4.78 is 2.41. The maximum Gasteiger partial charge on any atom is 0.323 e. The zero-order chi connectivity index (χ0) is 14.1. The van der Waals surface area contributed by atoms with Crippen molar-refractivity contribution in [3.05, 3.63) is 47.0 Å². The van der Waals surface area contributed by atoms with E-state index in [1.54, 1.807) is 12.1 Å². The molecule has 0 saturated heterocycles. The lowest BCUT2D eigenvalue weighted by Crippen LogP contribution is -2.24. The van der Waals surface area contributed by atoms with Crippen LogP contribution in [0, 0.1) is 0 Å². The van der Waals surface area contributed by atoms with Crippen molar-refractivity contribution in [1.29, 1.82) is 0 Å². The Morgan fingerprint density at radius 3 is 2.70 bits per heavy atom. The molecule has 0 atom stereocenters. The van der Waals surface area contributed by atoms with Crippen molar-refractivity contribution < 1.29 is 9.90 Å². The fraction of sp³-hybridized carbons (Fsp3) is 0.0833. The minimum absolute atomic E-state index is 0.0394. The van der Waals surface area contributed by atoms with Crippen LogP contribution in [0.3, 0.4) is 0 Å². The second-order valence-corrected chi connectivity index (χ2v) is 4.08. The van der Waals surface area contributed by atoms with Gasteiger partial charge in [0, 0.05) is 0 Å². The minimum atomic E-state index is -1.12. The summed E-state index contributed by atoms with van der Waals surface area (Å²) in [6.45, 7) is -0.458. The normalized spacial score (nSPS) is 10.8. The molecule has 1 N–H and O–H groups in total. The maximum atomic E-state index is 12.1. The van der Waals surface area contributed by atoms with Gasteiger partial charge >= 0.3 is 5.97 Å². The third kappa shape index (κ3) is 1.92. The average molecular weight is 271 g/mol. The van der Waals surface area contributed by atoms with Crippen LogP contribution < -0.4 is 5.56 Å². The number of benzene rings is 1. The van der Waals surface area contributed by atoms with Crippen LogP contribution in [0.1, 0.15) is 0 Å². The quantitative estimate of drug-likeness (QED) is 0.722. The summed E-state index contributed by atoms with van der Waals surface area (Å²) in [6.07, 6.45) is 1.18. The first-order chi connectivity index (χ1) is 9.66. The summed E-state index contributed by atoms with van der Waals surface area (Å²) in [5.41, 5.74) is 0.526. The number of nitrogens with zero attached hydrogens (tertiary/aromatic N) is 5. The van der Waals surface area contributed by atoms with E-state index >= 15 is 0 Å². The number of aromatic nitrogens is 5. The average Bonchev–Trinajstić information content (AvgIpc) is 2.87. The highest BCUT2D eigenvalue weighted by Crippen LogP contribution is 2.10. The molecule has 0 amide bonds. The highest BCUT2D eigenvalue weighted by atomic mass is 16.4. The second-order valence-electron chi connectivity index (χ2n) is 4.08. The number of hydrogen-bond acceptors (Lipinski definition) is 5. The van der Waals surface area contributed by atoms with Gasteiger partial charge in [0.15, 0.2) is 11.2 Å². The molecular weight excluding hydrogens is 262 g/mol. The maximum absolute atomic E-state index is 12.1. The van der Waals surface area contributed by atoms with E-state index in [2.05, 4.69) is 15.3 Å². The highest BCUT2D eigenvalue weighted by molar-refractivity contribution is 5.71. The molecule has 0 unspecified atom stereocenters. The Kier molecular flexibility index (Phi) is 2.75. The molecule has 0 radical (unpaired) electrons. The molecule has 2 heterocycles. The summed E-state index contributed by atoms with van der Waals surface area (Å²) in [5, 5.41) is 16.4. The first-order valence-electron chi connectivity index (χ1n) is 5.75. The lowest BCUT2D eigenvalue weighted by Gasteiger charge is -2.02. The molecule has 100 valence electrons. The zero-order valence-electron chi connectivity index (χ0n) is 10.2. The third-order valence-electron chi connectivity index (χ3n) is 2.74. The molecular formula is C12H9N5O3. The topological polar surface area (TPSA) is 103 Å². The molecule has 0 aliphatic rings. The van der Waals surface area contributed by atoms with Crippen LogP contribution in [0.5, 0.6) is 0 Å². The number of aliphatic carboxylic acids is 1. The standard InChI is InChI=1S/C12H9N5O3/c18-9(19)6-16-7-13-11-10(12(16)20)14-15-17(11)8-4-2-1-3-5-8/h1-5,7H,6H2,(H,18,19). The van der Waals surface area contributed by atoms with E-state index in [0.29, 0.717) is 5.65 Å². The number of hydrogen-bond donors (Lipinski definition) is 1. The Balaban J connectivity index is 2.18. The lowest BCUT2D eigenvalue weighted by atomic mass is 10.3. The molecule has 2 aromatic heterocycles. The van der Waals surface area contributed by atoms with Gasteiger partial charge in [0.2, 0.25) is 0 Å². The van der Waals surface area contributed by atoms with Gasteiger partial charge in [-0.1, -0.05) is 23.4 Å². The van der Waals surface area contributed by atoms with Crippen LogP contribution in [-0.2, 0) is 11.3 Å². The second kappa shape index (κ2) is 4.57. The smallest absolute Gasteiger partial charge is 0.323 e. The predicted molar refractivity (Wildman–Crippen MR) is 68.6 cm³/mol. The van der Waals surface area contributed by atoms with Crippen molar-refractivity contribution in [2.24, 2.45) is 0 Å². The van der Waals surface area contributed by atoms with Gasteiger partial charge < -0.3 is 5.11 Å². The van der Waals surface area contributed by atoms with Gasteiger partial charge in [0.05, 0.1) is 5.69 Å². The van der Waals surface area contributed by atoms with E-state index in [1.807, 2.05) is 18.2 Å². The summed E-state index contributed by atoms with van der Waals surface area (Å²) in [5.74, 6) is -1.12. The summed E-state index contributed by atoms with van der Waals surface area (Å²) in [6, 6.07) is 9.12. The SMILES string of the molecule is O=C(O)Cn1cnc2c(nnn2-c2ccccc2)c1=O. The fourth-order valence-electron chi connectivity index (χ4n) is 1.85. The number of fused-ring (bicyclic) bond motifs is 1. The molecule has 0 bridgehead atoms. The summed E-state index contributed by atoms with van der Waals surface area (Å²) >= 11 is 0. The van der Waals surface area contributed by atoms with Gasteiger partial charge in [0.25, 0.3) is 5.56 Å². The van der Waals surface area contributed by atoms with Gasteiger partial charge in [0.1, 0.15) is 12.9 Å². The molecule has 3 rings (SSSR count). The molecule has 0 saturated carbocycles. The van der Waals surface area contributed by atoms with Crippen LogP contribution in [0.15, 0.2) is 41.5 Å². The van der Waals surface area contributed by atoms with Crippen molar-refractivity contribution in [3.63, 3.8) is 0 Å². The van der Waals surface area contributed by atoms with Gasteiger partial charge in [-0.05, 0) is 12.1 Å². The Hall–Kier alpha value is -3.03. The van der Waals surface area contributed by atoms with Crippen LogP contribution in [0.25, 0.3) is 16.9 Å². The van der Waals surface area contributed by atoms with Crippen LogP contribution in [0.4, 0.5) is 0 Å². The van der Waals surface area contributed by atoms with E-state index in [9.17, 15) is 9.59 Å². The number of carboxylic acid groups (broad SMARTS) is 1. The number of rotatable bonds is 3. The Morgan fingerprint density at radius 1 is 1.25 bits per heavy atom. The van der Waals surface area contributed by atoms with Crippen molar-refractivity contribution in [1.82, 2.24) is 24.5 Å². The molecule has 3 aromatic rings. The highest BCUT2D eigenvalue weighted by Gasteiger charge is 2.13. The van der Waals surface area contributed by atoms with E-state index in [0.717, 1.165) is 10.3 Å². The van der Waals surface area contributed by atoms with E-state index < -0.39 is 18.1 Å². The van der Waals surface area contributed by atoms with Crippen molar-refractivity contribution >= 4 is 17.1 Å². The first-order valence-corrected chi connectivity index (χ1v) is 5.75. The van der Waals surface area contributed by atoms with Gasteiger partial charge in [-0.15, -0.1) is 5.10 Å².